The Kier molecular flexibility index (Phi) is 8.70. The lowest BCUT2D eigenvalue weighted by atomic mass is 9.88. The number of hydrogen-bond acceptors (Lipinski definition) is 5. The highest BCUT2D eigenvalue weighted by Gasteiger charge is 2.25. The van der Waals surface area contributed by atoms with Gasteiger partial charge in [0, 0.05) is 23.7 Å². The SMILES string of the molecule is COc1ccc(CCN2CCC(C(=O)c3ccc(NS(C)(=O)=O)cc3)CC2)cc1.Cl. The maximum absolute atomic E-state index is 12.8. The van der Waals surface area contributed by atoms with Crippen molar-refractivity contribution < 1.29 is 17.9 Å². The largest absolute Gasteiger partial charge is 0.497 e. The number of ether oxygens (including phenoxy) is 1. The number of rotatable bonds is 8. The molecule has 1 fully saturated rings. The van der Waals surface area contributed by atoms with Crippen LogP contribution in [0.5, 0.6) is 5.75 Å². The second-order valence-corrected chi connectivity index (χ2v) is 9.28. The average Bonchev–Trinajstić information content (AvgIpc) is 2.72. The molecule has 0 spiro atoms. The van der Waals surface area contributed by atoms with E-state index in [1.54, 1.807) is 31.4 Å². The molecule has 0 aromatic heterocycles. The van der Waals surface area contributed by atoms with Crippen molar-refractivity contribution in [2.45, 2.75) is 19.3 Å². The van der Waals surface area contributed by atoms with E-state index >= 15 is 0 Å². The van der Waals surface area contributed by atoms with Gasteiger partial charge in [-0.15, -0.1) is 12.4 Å². The second kappa shape index (κ2) is 10.8. The smallest absolute Gasteiger partial charge is 0.229 e. The summed E-state index contributed by atoms with van der Waals surface area (Å²) >= 11 is 0. The number of nitrogens with zero attached hydrogens (tertiary/aromatic N) is 1. The van der Waals surface area contributed by atoms with E-state index in [0.29, 0.717) is 11.3 Å². The second-order valence-electron chi connectivity index (χ2n) is 7.53. The quantitative estimate of drug-likeness (QED) is 0.619. The lowest BCUT2D eigenvalue weighted by molar-refractivity contribution is 0.0841. The highest BCUT2D eigenvalue weighted by molar-refractivity contribution is 7.92. The number of anilines is 1. The first kappa shape index (κ1) is 24.2. The Hall–Kier alpha value is -2.09. The Morgan fingerprint density at radius 1 is 1.07 bits per heavy atom. The summed E-state index contributed by atoms with van der Waals surface area (Å²) in [5.74, 6) is 1.04. The van der Waals surface area contributed by atoms with Crippen LogP contribution in [0, 0.1) is 5.92 Å². The maximum atomic E-state index is 12.8. The fraction of sp³-hybridized carbons (Fsp3) is 0.409. The molecule has 1 saturated heterocycles. The number of sulfonamides is 1. The van der Waals surface area contributed by atoms with E-state index < -0.39 is 10.0 Å². The Morgan fingerprint density at radius 3 is 2.20 bits per heavy atom. The number of nitrogens with one attached hydrogen (secondary N) is 1. The van der Waals surface area contributed by atoms with Crippen LogP contribution in [0.3, 0.4) is 0 Å². The molecule has 3 rings (SSSR count). The number of carbonyl (C=O) groups excluding carboxylic acids is 1. The van der Waals surface area contributed by atoms with Crippen LogP contribution in [0.2, 0.25) is 0 Å². The van der Waals surface area contributed by atoms with Crippen LogP contribution in [0.25, 0.3) is 0 Å². The molecule has 164 valence electrons. The first-order chi connectivity index (χ1) is 13.8. The molecule has 1 aliphatic rings. The molecule has 1 N–H and O–H groups in total. The van der Waals surface area contributed by atoms with E-state index in [0.717, 1.165) is 50.9 Å². The molecule has 0 unspecified atom stereocenters. The zero-order valence-corrected chi connectivity index (χ0v) is 19.0. The van der Waals surface area contributed by atoms with Crippen molar-refractivity contribution in [3.8, 4) is 5.75 Å². The van der Waals surface area contributed by atoms with Crippen molar-refractivity contribution in [2.24, 2.45) is 5.92 Å². The fourth-order valence-electron chi connectivity index (χ4n) is 3.65. The monoisotopic (exact) mass is 452 g/mol. The van der Waals surface area contributed by atoms with E-state index in [-0.39, 0.29) is 24.1 Å². The Bertz CT molecular complexity index is 923. The highest BCUT2D eigenvalue weighted by atomic mass is 35.5. The van der Waals surface area contributed by atoms with Gasteiger partial charge >= 0.3 is 0 Å². The lowest BCUT2D eigenvalue weighted by Crippen LogP contribution is -2.37. The third-order valence-electron chi connectivity index (χ3n) is 5.31. The Morgan fingerprint density at radius 2 is 1.67 bits per heavy atom. The zero-order valence-electron chi connectivity index (χ0n) is 17.3. The molecule has 0 radical (unpaired) electrons. The van der Waals surface area contributed by atoms with Gasteiger partial charge in [0.05, 0.1) is 13.4 Å². The maximum Gasteiger partial charge on any atom is 0.229 e. The van der Waals surface area contributed by atoms with Crippen LogP contribution in [0.1, 0.15) is 28.8 Å². The summed E-state index contributed by atoms with van der Waals surface area (Å²) in [6, 6.07) is 14.8. The number of methoxy groups -OCH3 is 1. The van der Waals surface area contributed by atoms with E-state index in [9.17, 15) is 13.2 Å². The third kappa shape index (κ3) is 7.00. The van der Waals surface area contributed by atoms with Crippen molar-refractivity contribution in [3.05, 3.63) is 59.7 Å². The molecule has 1 aliphatic heterocycles. The zero-order chi connectivity index (χ0) is 20.9. The van der Waals surface area contributed by atoms with Gasteiger partial charge in [-0.2, -0.15) is 0 Å². The van der Waals surface area contributed by atoms with Gasteiger partial charge in [0.15, 0.2) is 5.78 Å². The molecule has 2 aromatic carbocycles. The van der Waals surface area contributed by atoms with Gasteiger partial charge in [-0.25, -0.2) is 8.42 Å². The molecule has 2 aromatic rings. The van der Waals surface area contributed by atoms with Crippen molar-refractivity contribution in [1.29, 1.82) is 0 Å². The topological polar surface area (TPSA) is 75.7 Å². The number of halogens is 1. The fourth-order valence-corrected chi connectivity index (χ4v) is 4.21. The number of likely N-dealkylation sites (tertiary alicyclic amines) is 1. The van der Waals surface area contributed by atoms with E-state index in [1.165, 1.54) is 5.56 Å². The average molecular weight is 453 g/mol. The van der Waals surface area contributed by atoms with Gasteiger partial charge in [0.25, 0.3) is 0 Å². The lowest BCUT2D eigenvalue weighted by Gasteiger charge is -2.31. The number of Topliss-reactive ketones (excluding diaryl/α,β-unsaturated/α-hetero) is 1. The third-order valence-corrected chi connectivity index (χ3v) is 5.91. The Balaban J connectivity index is 0.00000320. The van der Waals surface area contributed by atoms with Crippen LogP contribution >= 0.6 is 12.4 Å². The summed E-state index contributed by atoms with van der Waals surface area (Å²) in [5.41, 5.74) is 2.39. The summed E-state index contributed by atoms with van der Waals surface area (Å²) in [5, 5.41) is 0. The van der Waals surface area contributed by atoms with E-state index in [1.807, 2.05) is 12.1 Å². The van der Waals surface area contributed by atoms with Crippen LogP contribution in [0.4, 0.5) is 5.69 Å². The minimum atomic E-state index is -3.31. The predicted molar refractivity (Wildman–Crippen MR) is 122 cm³/mol. The molecule has 30 heavy (non-hydrogen) atoms. The van der Waals surface area contributed by atoms with Gasteiger partial charge in [-0.05, 0) is 74.3 Å². The van der Waals surface area contributed by atoms with Crippen molar-refractivity contribution in [1.82, 2.24) is 4.90 Å². The number of ketones is 1. The minimum absolute atomic E-state index is 0. The van der Waals surface area contributed by atoms with Crippen LogP contribution in [0.15, 0.2) is 48.5 Å². The highest BCUT2D eigenvalue weighted by Crippen LogP contribution is 2.23. The summed E-state index contributed by atoms with van der Waals surface area (Å²) < 4.78 is 30.2. The summed E-state index contributed by atoms with van der Waals surface area (Å²) in [4.78, 5) is 15.2. The first-order valence-corrected chi connectivity index (χ1v) is 11.7. The molecule has 1 heterocycles. The summed E-state index contributed by atoms with van der Waals surface area (Å²) in [7, 11) is -1.64. The molecule has 6 nitrogen and oxygen atoms in total. The van der Waals surface area contributed by atoms with Crippen molar-refractivity contribution in [2.75, 3.05) is 37.7 Å². The van der Waals surface area contributed by atoms with Gasteiger partial charge in [0.2, 0.25) is 10.0 Å². The summed E-state index contributed by atoms with van der Waals surface area (Å²) in [6.45, 7) is 2.82. The first-order valence-electron chi connectivity index (χ1n) is 9.81. The minimum Gasteiger partial charge on any atom is -0.497 e. The predicted octanol–water partition coefficient (Wildman–Crippen LogP) is 3.63. The molecule has 0 atom stereocenters. The van der Waals surface area contributed by atoms with Crippen molar-refractivity contribution >= 4 is 33.9 Å². The number of carbonyl (C=O) groups is 1. The molecule has 8 heteroatoms. The van der Waals surface area contributed by atoms with E-state index in [4.69, 9.17) is 4.74 Å². The molecule has 0 aliphatic carbocycles. The molecular formula is C22H29ClN2O4S. The van der Waals surface area contributed by atoms with Crippen LogP contribution < -0.4 is 9.46 Å². The van der Waals surface area contributed by atoms with Gasteiger partial charge in [-0.1, -0.05) is 12.1 Å². The van der Waals surface area contributed by atoms with Gasteiger partial charge in [-0.3, -0.25) is 9.52 Å². The normalized spacial score (nSPS) is 15.3. The molecular weight excluding hydrogens is 424 g/mol. The van der Waals surface area contributed by atoms with Crippen molar-refractivity contribution in [3.63, 3.8) is 0 Å². The number of benzene rings is 2. The summed E-state index contributed by atoms with van der Waals surface area (Å²) in [6.07, 6.45) is 3.79. The number of hydrogen-bond donors (Lipinski definition) is 1. The Labute approximate surface area is 185 Å². The van der Waals surface area contributed by atoms with Crippen LogP contribution in [-0.4, -0.2) is 52.1 Å². The standard InChI is InChI=1S/C22H28N2O4S.ClH/c1-28-21-9-3-17(4-10-21)11-14-24-15-12-19(13-16-24)22(25)18-5-7-20(8-6-18)23-29(2,26)27;/h3-10,19,23H,11-16H2,1-2H3;1H. The van der Waals surface area contributed by atoms with E-state index in [2.05, 4.69) is 21.8 Å². The molecule has 0 saturated carbocycles. The van der Waals surface area contributed by atoms with Gasteiger partial charge in [0.1, 0.15) is 5.75 Å². The number of piperidine rings is 1. The van der Waals surface area contributed by atoms with Crippen LogP contribution in [-0.2, 0) is 16.4 Å². The molecule has 0 bridgehead atoms. The molecule has 0 amide bonds. The van der Waals surface area contributed by atoms with Gasteiger partial charge < -0.3 is 9.64 Å².